The lowest BCUT2D eigenvalue weighted by molar-refractivity contribution is -0.124. The normalized spacial score (nSPS) is 20.5. The molecule has 4 nitrogen and oxygen atoms in total. The van der Waals surface area contributed by atoms with Gasteiger partial charge in [-0.15, -0.1) is 0 Å². The van der Waals surface area contributed by atoms with Gasteiger partial charge in [0.25, 0.3) is 0 Å². The molecule has 1 amide bonds. The monoisotopic (exact) mass is 214 g/mol. The van der Waals surface area contributed by atoms with Gasteiger partial charge in [-0.1, -0.05) is 13.3 Å². The van der Waals surface area contributed by atoms with E-state index >= 15 is 0 Å². The van der Waals surface area contributed by atoms with E-state index in [4.69, 9.17) is 10.5 Å². The molecule has 1 aliphatic rings. The van der Waals surface area contributed by atoms with Crippen molar-refractivity contribution in [1.29, 1.82) is 0 Å². The Morgan fingerprint density at radius 3 is 2.67 bits per heavy atom. The molecule has 1 aliphatic carbocycles. The van der Waals surface area contributed by atoms with Gasteiger partial charge in [0, 0.05) is 20.2 Å². The number of carbonyl (C=O) groups excluding carboxylic acids is 1. The molecule has 0 aromatic carbocycles. The fourth-order valence-corrected chi connectivity index (χ4v) is 1.81. The Kier molecular flexibility index (Phi) is 4.54. The third-order valence-corrected chi connectivity index (χ3v) is 3.28. The van der Waals surface area contributed by atoms with E-state index in [9.17, 15) is 4.79 Å². The molecule has 88 valence electrons. The Morgan fingerprint density at radius 2 is 2.27 bits per heavy atom. The molecule has 0 heterocycles. The number of rotatable bonds is 6. The van der Waals surface area contributed by atoms with Crippen molar-refractivity contribution < 1.29 is 9.53 Å². The van der Waals surface area contributed by atoms with Crippen LogP contribution in [-0.4, -0.2) is 32.2 Å². The van der Waals surface area contributed by atoms with E-state index in [0.717, 1.165) is 6.54 Å². The van der Waals surface area contributed by atoms with Gasteiger partial charge in [0.05, 0.1) is 12.5 Å². The fourth-order valence-electron chi connectivity index (χ4n) is 1.81. The molecule has 0 spiro atoms. The molecule has 0 aromatic heterocycles. The molecule has 4 heteroatoms. The Morgan fingerprint density at radius 1 is 1.60 bits per heavy atom. The van der Waals surface area contributed by atoms with Gasteiger partial charge in [0.1, 0.15) is 0 Å². The van der Waals surface area contributed by atoms with Crippen molar-refractivity contribution in [3.63, 3.8) is 0 Å². The summed E-state index contributed by atoms with van der Waals surface area (Å²) in [6.45, 7) is 3.39. The lowest BCUT2D eigenvalue weighted by Crippen LogP contribution is -2.41. The Bertz CT molecular complexity index is 211. The second-order valence-electron chi connectivity index (χ2n) is 4.74. The first-order chi connectivity index (χ1) is 7.09. The highest BCUT2D eigenvalue weighted by Crippen LogP contribution is 2.39. The van der Waals surface area contributed by atoms with Crippen LogP contribution in [0.3, 0.4) is 0 Å². The number of hydrogen-bond donors (Lipinski definition) is 2. The van der Waals surface area contributed by atoms with Crippen LogP contribution < -0.4 is 11.1 Å². The van der Waals surface area contributed by atoms with Crippen LogP contribution in [0, 0.1) is 5.41 Å². The van der Waals surface area contributed by atoms with Crippen LogP contribution in [-0.2, 0) is 9.53 Å². The minimum Gasteiger partial charge on any atom is -0.380 e. The largest absolute Gasteiger partial charge is 0.380 e. The zero-order chi connectivity index (χ0) is 11.3. The summed E-state index contributed by atoms with van der Waals surface area (Å²) in [4.78, 5) is 11.5. The molecular formula is C11H22N2O2. The van der Waals surface area contributed by atoms with Crippen LogP contribution in [0.5, 0.6) is 0 Å². The molecule has 0 aliphatic heterocycles. The van der Waals surface area contributed by atoms with Gasteiger partial charge in [-0.3, -0.25) is 4.79 Å². The molecule has 15 heavy (non-hydrogen) atoms. The molecule has 0 radical (unpaired) electrons. The van der Waals surface area contributed by atoms with Crippen LogP contribution in [0.15, 0.2) is 0 Å². The van der Waals surface area contributed by atoms with Crippen LogP contribution in [0.4, 0.5) is 0 Å². The van der Waals surface area contributed by atoms with E-state index < -0.39 is 0 Å². The van der Waals surface area contributed by atoms with E-state index in [2.05, 4.69) is 12.2 Å². The smallest absolute Gasteiger partial charge is 0.222 e. The summed E-state index contributed by atoms with van der Waals surface area (Å²) in [5, 5.41) is 2.95. The summed E-state index contributed by atoms with van der Waals surface area (Å²) in [5.74, 6) is 0.0421. The summed E-state index contributed by atoms with van der Waals surface area (Å²) in [5.41, 5.74) is 5.78. The lowest BCUT2D eigenvalue weighted by Gasteiger charge is -2.38. The highest BCUT2D eigenvalue weighted by molar-refractivity contribution is 5.76. The van der Waals surface area contributed by atoms with Crippen LogP contribution in [0.25, 0.3) is 0 Å². The van der Waals surface area contributed by atoms with Gasteiger partial charge in [0.2, 0.25) is 5.91 Å². The molecular weight excluding hydrogens is 192 g/mol. The van der Waals surface area contributed by atoms with Gasteiger partial charge in [-0.25, -0.2) is 0 Å². The number of amides is 1. The highest BCUT2D eigenvalue weighted by atomic mass is 16.5. The summed E-state index contributed by atoms with van der Waals surface area (Å²) in [6, 6.07) is 0. The second kappa shape index (κ2) is 5.47. The maximum Gasteiger partial charge on any atom is 0.222 e. The van der Waals surface area contributed by atoms with Crippen molar-refractivity contribution in [3.8, 4) is 0 Å². The Hall–Kier alpha value is -0.610. The summed E-state index contributed by atoms with van der Waals surface area (Å²) < 4.78 is 5.06. The minimum absolute atomic E-state index is 0.0421. The first kappa shape index (κ1) is 12.5. The first-order valence-corrected chi connectivity index (χ1v) is 5.59. The summed E-state index contributed by atoms with van der Waals surface area (Å²) in [6.07, 6.45) is 3.94. The maximum atomic E-state index is 11.5. The average molecular weight is 214 g/mol. The van der Waals surface area contributed by atoms with E-state index in [1.807, 2.05) is 0 Å². The molecule has 3 N–H and O–H groups in total. The minimum atomic E-state index is -0.154. The quantitative estimate of drug-likeness (QED) is 0.682. The zero-order valence-electron chi connectivity index (χ0n) is 9.71. The topological polar surface area (TPSA) is 64.3 Å². The first-order valence-electron chi connectivity index (χ1n) is 5.59. The number of methoxy groups -OCH3 is 1. The maximum absolute atomic E-state index is 11.5. The summed E-state index contributed by atoms with van der Waals surface area (Å²) >= 11 is 0. The molecule has 1 unspecified atom stereocenters. The lowest BCUT2D eigenvalue weighted by atomic mass is 9.70. The third-order valence-electron chi connectivity index (χ3n) is 3.28. The average Bonchev–Trinajstić information content (AvgIpc) is 2.20. The summed E-state index contributed by atoms with van der Waals surface area (Å²) in [7, 11) is 1.58. The van der Waals surface area contributed by atoms with Crippen molar-refractivity contribution in [2.24, 2.45) is 11.1 Å². The fraction of sp³-hybridized carbons (Fsp3) is 0.909. The zero-order valence-corrected chi connectivity index (χ0v) is 9.71. The van der Waals surface area contributed by atoms with Gasteiger partial charge in [0.15, 0.2) is 0 Å². The van der Waals surface area contributed by atoms with E-state index in [0.29, 0.717) is 18.4 Å². The number of carbonyl (C=O) groups is 1. The Labute approximate surface area is 91.5 Å². The predicted molar refractivity (Wildman–Crippen MR) is 59.4 cm³/mol. The van der Waals surface area contributed by atoms with Crippen LogP contribution >= 0.6 is 0 Å². The van der Waals surface area contributed by atoms with Gasteiger partial charge < -0.3 is 15.8 Å². The molecule has 0 saturated heterocycles. The van der Waals surface area contributed by atoms with E-state index in [-0.39, 0.29) is 12.0 Å². The number of nitrogens with one attached hydrogen (secondary N) is 1. The highest BCUT2D eigenvalue weighted by Gasteiger charge is 2.31. The van der Waals surface area contributed by atoms with Gasteiger partial charge in [-0.2, -0.15) is 0 Å². The van der Waals surface area contributed by atoms with E-state index in [1.165, 1.54) is 19.3 Å². The standard InChI is InChI=1S/C11H22N2O2/c1-11(4-3-5-11)8-13-10(14)6-9(7-12)15-2/h9H,3-8,12H2,1-2H3,(H,13,14). The van der Waals surface area contributed by atoms with Crippen molar-refractivity contribution >= 4 is 5.91 Å². The van der Waals surface area contributed by atoms with Crippen molar-refractivity contribution in [2.75, 3.05) is 20.2 Å². The van der Waals surface area contributed by atoms with Gasteiger partial charge >= 0.3 is 0 Å². The molecule has 1 saturated carbocycles. The molecule has 0 bridgehead atoms. The number of nitrogens with two attached hydrogens (primary N) is 1. The Balaban J connectivity index is 2.18. The van der Waals surface area contributed by atoms with Crippen LogP contribution in [0.2, 0.25) is 0 Å². The number of hydrogen-bond acceptors (Lipinski definition) is 3. The molecule has 1 atom stereocenters. The van der Waals surface area contributed by atoms with Crippen molar-refractivity contribution in [1.82, 2.24) is 5.32 Å². The second-order valence-corrected chi connectivity index (χ2v) is 4.74. The van der Waals surface area contributed by atoms with E-state index in [1.54, 1.807) is 7.11 Å². The molecule has 1 fully saturated rings. The van der Waals surface area contributed by atoms with Crippen molar-refractivity contribution in [2.45, 2.75) is 38.7 Å². The third kappa shape index (κ3) is 3.80. The number of ether oxygens (including phenoxy) is 1. The van der Waals surface area contributed by atoms with Crippen LogP contribution in [0.1, 0.15) is 32.6 Å². The molecule has 1 rings (SSSR count). The van der Waals surface area contributed by atoms with Crippen molar-refractivity contribution in [3.05, 3.63) is 0 Å². The van der Waals surface area contributed by atoms with Gasteiger partial charge in [-0.05, 0) is 18.3 Å². The predicted octanol–water partition coefficient (Wildman–Crippen LogP) is 0.657. The molecule has 0 aromatic rings. The SMILES string of the molecule is COC(CN)CC(=O)NCC1(C)CCC1.